The van der Waals surface area contributed by atoms with E-state index < -0.39 is 10.0 Å². The molecule has 2 N–H and O–H groups in total. The Balaban J connectivity index is 1.57. The number of amides is 1. The molecule has 0 aliphatic rings. The summed E-state index contributed by atoms with van der Waals surface area (Å²) in [6, 6.07) is 20.8. The van der Waals surface area contributed by atoms with Crippen LogP contribution in [0.15, 0.2) is 77.7 Å². The maximum absolute atomic E-state index is 12.5. The third-order valence-corrected chi connectivity index (χ3v) is 6.73. The molecule has 8 heteroatoms. The summed E-state index contributed by atoms with van der Waals surface area (Å²) in [6.07, 6.45) is 0. The van der Waals surface area contributed by atoms with Gasteiger partial charge in [-0.3, -0.25) is 9.52 Å². The highest BCUT2D eigenvalue weighted by Gasteiger charge is 2.16. The number of nitrogens with one attached hydrogen (secondary N) is 2. The van der Waals surface area contributed by atoms with Gasteiger partial charge >= 0.3 is 0 Å². The number of hydrogen-bond donors (Lipinski definition) is 2. The molecule has 0 atom stereocenters. The number of aryl methyl sites for hydroxylation is 1. The highest BCUT2D eigenvalue weighted by Crippen LogP contribution is 2.30. The van der Waals surface area contributed by atoms with Crippen molar-refractivity contribution in [2.24, 2.45) is 0 Å². The molecule has 0 fully saturated rings. The molecule has 1 aromatic heterocycles. The molecule has 1 heterocycles. The van der Waals surface area contributed by atoms with Crippen molar-refractivity contribution in [3.05, 3.63) is 83.9 Å². The Hall–Kier alpha value is -3.23. The second kappa shape index (κ2) is 7.65. The Bertz CT molecular complexity index is 1300. The van der Waals surface area contributed by atoms with E-state index in [0.717, 1.165) is 10.3 Å². The molecule has 4 aromatic rings. The topological polar surface area (TPSA) is 88.2 Å². The lowest BCUT2D eigenvalue weighted by Crippen LogP contribution is -2.13. The molecule has 0 unspecified atom stereocenters. The van der Waals surface area contributed by atoms with E-state index in [2.05, 4.69) is 15.0 Å². The third kappa shape index (κ3) is 4.13. The van der Waals surface area contributed by atoms with Gasteiger partial charge in [0.2, 0.25) is 0 Å². The first-order chi connectivity index (χ1) is 13.9. The largest absolute Gasteiger partial charge is 0.322 e. The number of thiazole rings is 1. The highest BCUT2D eigenvalue weighted by molar-refractivity contribution is 7.93. The van der Waals surface area contributed by atoms with E-state index in [1.165, 1.54) is 23.5 Å². The summed E-state index contributed by atoms with van der Waals surface area (Å²) < 4.78 is 28.2. The van der Waals surface area contributed by atoms with Gasteiger partial charge in [-0.1, -0.05) is 47.7 Å². The van der Waals surface area contributed by atoms with Crippen molar-refractivity contribution in [1.82, 2.24) is 4.98 Å². The molecular weight excluding hydrogens is 406 g/mol. The van der Waals surface area contributed by atoms with E-state index in [1.807, 2.05) is 25.1 Å². The van der Waals surface area contributed by atoms with Crippen LogP contribution in [0.3, 0.4) is 0 Å². The Morgan fingerprint density at radius 3 is 2.45 bits per heavy atom. The van der Waals surface area contributed by atoms with Crippen molar-refractivity contribution in [3.63, 3.8) is 0 Å². The van der Waals surface area contributed by atoms with Crippen LogP contribution in [0.5, 0.6) is 0 Å². The first-order valence-corrected chi connectivity index (χ1v) is 11.1. The Labute approximate surface area is 172 Å². The second-order valence-electron chi connectivity index (χ2n) is 6.39. The van der Waals surface area contributed by atoms with E-state index in [0.29, 0.717) is 16.8 Å². The van der Waals surface area contributed by atoms with E-state index in [4.69, 9.17) is 0 Å². The molecule has 0 aliphatic heterocycles. The number of aromatic nitrogens is 1. The molecular formula is C21H17N3O3S2. The number of benzene rings is 3. The molecule has 0 spiro atoms. The summed E-state index contributed by atoms with van der Waals surface area (Å²) in [7, 11) is -3.70. The minimum Gasteiger partial charge on any atom is -0.322 e. The van der Waals surface area contributed by atoms with E-state index in [9.17, 15) is 13.2 Å². The van der Waals surface area contributed by atoms with E-state index in [1.54, 1.807) is 42.5 Å². The molecule has 3 aromatic carbocycles. The maximum Gasteiger partial charge on any atom is 0.263 e. The van der Waals surface area contributed by atoms with Crippen molar-refractivity contribution in [1.29, 1.82) is 0 Å². The van der Waals surface area contributed by atoms with Crippen LogP contribution in [0.4, 0.5) is 10.8 Å². The van der Waals surface area contributed by atoms with Gasteiger partial charge in [-0.25, -0.2) is 13.4 Å². The van der Waals surface area contributed by atoms with Crippen LogP contribution in [0.2, 0.25) is 0 Å². The standard InChI is InChI=1S/C21H17N3O3S2/c1-14-7-5-6-10-17(14)20(25)22-15-11-12-18-19(13-15)28-21(23-18)24-29(26,27)16-8-3-2-4-9-16/h2-13H,1H3,(H,22,25)(H,23,24). The van der Waals surface area contributed by atoms with Crippen molar-refractivity contribution in [3.8, 4) is 0 Å². The monoisotopic (exact) mass is 423 g/mol. The van der Waals surface area contributed by atoms with Gasteiger partial charge < -0.3 is 5.32 Å². The SMILES string of the molecule is Cc1ccccc1C(=O)Nc1ccc2nc(NS(=O)(=O)c3ccccc3)sc2c1. The van der Waals surface area contributed by atoms with Gasteiger partial charge in [-0.2, -0.15) is 0 Å². The van der Waals surface area contributed by atoms with Crippen molar-refractivity contribution < 1.29 is 13.2 Å². The number of fused-ring (bicyclic) bond motifs is 1. The minimum atomic E-state index is -3.70. The molecule has 4 rings (SSSR count). The van der Waals surface area contributed by atoms with Gasteiger partial charge in [0.05, 0.1) is 15.1 Å². The average Bonchev–Trinajstić information content (AvgIpc) is 3.09. The van der Waals surface area contributed by atoms with E-state index >= 15 is 0 Å². The number of carbonyl (C=O) groups is 1. The van der Waals surface area contributed by atoms with Crippen molar-refractivity contribution in [2.75, 3.05) is 10.0 Å². The summed E-state index contributed by atoms with van der Waals surface area (Å²) in [5, 5.41) is 3.15. The first-order valence-electron chi connectivity index (χ1n) is 8.78. The summed E-state index contributed by atoms with van der Waals surface area (Å²) in [4.78, 5) is 17.0. The van der Waals surface area contributed by atoms with Crippen LogP contribution in [0, 0.1) is 6.92 Å². The molecule has 146 valence electrons. The van der Waals surface area contributed by atoms with Crippen LogP contribution in [-0.2, 0) is 10.0 Å². The van der Waals surface area contributed by atoms with Crippen LogP contribution in [-0.4, -0.2) is 19.3 Å². The fourth-order valence-corrected chi connectivity index (χ4v) is 5.01. The fourth-order valence-electron chi connectivity index (χ4n) is 2.85. The third-order valence-electron chi connectivity index (χ3n) is 4.31. The Kier molecular flexibility index (Phi) is 5.04. The second-order valence-corrected chi connectivity index (χ2v) is 9.10. The van der Waals surface area contributed by atoms with Crippen LogP contribution < -0.4 is 10.0 Å². The number of anilines is 2. The lowest BCUT2D eigenvalue weighted by molar-refractivity contribution is 0.102. The quantitative estimate of drug-likeness (QED) is 0.489. The van der Waals surface area contributed by atoms with Gasteiger partial charge in [0, 0.05) is 11.3 Å². The normalized spacial score (nSPS) is 11.3. The summed E-state index contributed by atoms with van der Waals surface area (Å²) >= 11 is 1.21. The fraction of sp³-hybridized carbons (Fsp3) is 0.0476. The van der Waals surface area contributed by atoms with E-state index in [-0.39, 0.29) is 15.9 Å². The minimum absolute atomic E-state index is 0.172. The smallest absolute Gasteiger partial charge is 0.263 e. The maximum atomic E-state index is 12.5. The zero-order valence-electron chi connectivity index (χ0n) is 15.4. The molecule has 0 saturated carbocycles. The molecule has 0 radical (unpaired) electrons. The molecule has 0 saturated heterocycles. The lowest BCUT2D eigenvalue weighted by atomic mass is 10.1. The molecule has 1 amide bonds. The van der Waals surface area contributed by atoms with Gasteiger partial charge in [-0.15, -0.1) is 0 Å². The summed E-state index contributed by atoms with van der Waals surface area (Å²) in [5.74, 6) is -0.197. The highest BCUT2D eigenvalue weighted by atomic mass is 32.2. The molecule has 0 bridgehead atoms. The lowest BCUT2D eigenvalue weighted by Gasteiger charge is -2.07. The molecule has 29 heavy (non-hydrogen) atoms. The predicted octanol–water partition coefficient (Wildman–Crippen LogP) is 4.66. The zero-order chi connectivity index (χ0) is 20.4. The van der Waals surface area contributed by atoms with Gasteiger partial charge in [0.15, 0.2) is 5.13 Å². The average molecular weight is 424 g/mol. The molecule has 0 aliphatic carbocycles. The number of nitrogens with zero attached hydrogens (tertiary/aromatic N) is 1. The number of sulfonamides is 1. The first kappa shape index (κ1) is 19.1. The summed E-state index contributed by atoms with van der Waals surface area (Å²) in [6.45, 7) is 1.88. The van der Waals surface area contributed by atoms with Gasteiger partial charge in [-0.05, 0) is 48.9 Å². The number of hydrogen-bond acceptors (Lipinski definition) is 5. The number of carbonyl (C=O) groups excluding carboxylic acids is 1. The van der Waals surface area contributed by atoms with Crippen LogP contribution in [0.25, 0.3) is 10.2 Å². The molecule has 6 nitrogen and oxygen atoms in total. The van der Waals surface area contributed by atoms with Gasteiger partial charge in [0.1, 0.15) is 0 Å². The predicted molar refractivity (Wildman–Crippen MR) is 116 cm³/mol. The number of rotatable bonds is 5. The van der Waals surface area contributed by atoms with Crippen molar-refractivity contribution >= 4 is 48.3 Å². The zero-order valence-corrected chi connectivity index (χ0v) is 17.0. The van der Waals surface area contributed by atoms with Crippen LogP contribution >= 0.6 is 11.3 Å². The van der Waals surface area contributed by atoms with Gasteiger partial charge in [0.25, 0.3) is 15.9 Å². The van der Waals surface area contributed by atoms with Crippen LogP contribution in [0.1, 0.15) is 15.9 Å². The van der Waals surface area contributed by atoms with Crippen molar-refractivity contribution in [2.45, 2.75) is 11.8 Å². The Morgan fingerprint density at radius 2 is 1.69 bits per heavy atom. The Morgan fingerprint density at radius 1 is 0.966 bits per heavy atom. The summed E-state index contributed by atoms with van der Waals surface area (Å²) in [5.41, 5.74) is 2.76.